The van der Waals surface area contributed by atoms with E-state index in [0.29, 0.717) is 6.54 Å². The first-order chi connectivity index (χ1) is 8.20. The second kappa shape index (κ2) is 4.88. The largest absolute Gasteiger partial charge is 0.329 e. The van der Waals surface area contributed by atoms with Crippen molar-refractivity contribution in [2.45, 2.75) is 32.6 Å². The Balaban J connectivity index is 2.02. The maximum Gasteiger partial charge on any atom is 0.231 e. The van der Waals surface area contributed by atoms with Gasteiger partial charge in [0.1, 0.15) is 0 Å². The molecule has 92 valence electrons. The molecule has 0 aliphatic heterocycles. The number of nitrogens with one attached hydrogen (secondary N) is 1. The molecule has 1 saturated carbocycles. The van der Waals surface area contributed by atoms with Crippen molar-refractivity contribution in [3.05, 3.63) is 29.8 Å². The van der Waals surface area contributed by atoms with Gasteiger partial charge in [-0.25, -0.2) is 0 Å². The van der Waals surface area contributed by atoms with Crippen molar-refractivity contribution < 1.29 is 4.79 Å². The second-order valence-corrected chi connectivity index (χ2v) is 4.84. The molecule has 1 aliphatic rings. The Morgan fingerprint density at radius 3 is 2.41 bits per heavy atom. The van der Waals surface area contributed by atoms with Gasteiger partial charge >= 0.3 is 0 Å². The van der Waals surface area contributed by atoms with Crippen molar-refractivity contribution in [3.63, 3.8) is 0 Å². The lowest BCUT2D eigenvalue weighted by Gasteiger charge is -2.39. The number of nitrogens with two attached hydrogens (primary N) is 1. The molecule has 0 unspecified atom stereocenters. The molecule has 0 bridgehead atoms. The summed E-state index contributed by atoms with van der Waals surface area (Å²) in [6.07, 6.45) is 3.96. The van der Waals surface area contributed by atoms with E-state index >= 15 is 0 Å². The number of benzene rings is 1. The molecule has 1 aliphatic carbocycles. The summed E-state index contributed by atoms with van der Waals surface area (Å²) in [6, 6.07) is 8.01. The number of hydrogen-bond donors (Lipinski definition) is 2. The highest BCUT2D eigenvalue weighted by atomic mass is 16.2. The van der Waals surface area contributed by atoms with Crippen LogP contribution in [0.3, 0.4) is 0 Å². The van der Waals surface area contributed by atoms with Crippen LogP contribution in [-0.4, -0.2) is 12.5 Å². The fraction of sp³-hybridized carbons (Fsp3) is 0.500. The van der Waals surface area contributed by atoms with E-state index in [1.165, 1.54) is 5.56 Å². The number of anilines is 1. The third-order valence-electron chi connectivity index (χ3n) is 3.80. The zero-order valence-electron chi connectivity index (χ0n) is 10.3. The molecule has 1 aromatic carbocycles. The van der Waals surface area contributed by atoms with Crippen LogP contribution < -0.4 is 11.1 Å². The summed E-state index contributed by atoms with van der Waals surface area (Å²) >= 11 is 0. The second-order valence-electron chi connectivity index (χ2n) is 4.84. The summed E-state index contributed by atoms with van der Waals surface area (Å²) in [4.78, 5) is 12.1. The first-order valence-electron chi connectivity index (χ1n) is 6.31. The lowest BCUT2D eigenvalue weighted by Crippen LogP contribution is -2.47. The Labute approximate surface area is 102 Å². The van der Waals surface area contributed by atoms with Crippen molar-refractivity contribution in [2.24, 2.45) is 11.1 Å². The van der Waals surface area contributed by atoms with Gasteiger partial charge in [-0.3, -0.25) is 4.79 Å². The molecular formula is C14H20N2O. The van der Waals surface area contributed by atoms with Crippen molar-refractivity contribution in [1.82, 2.24) is 0 Å². The molecule has 0 saturated heterocycles. The third kappa shape index (κ3) is 2.34. The predicted octanol–water partition coefficient (Wildman–Crippen LogP) is 2.32. The van der Waals surface area contributed by atoms with Crippen LogP contribution in [0.2, 0.25) is 0 Å². The summed E-state index contributed by atoms with van der Waals surface area (Å²) in [6.45, 7) is 2.57. The lowest BCUT2D eigenvalue weighted by molar-refractivity contribution is -0.129. The van der Waals surface area contributed by atoms with Crippen molar-refractivity contribution in [3.8, 4) is 0 Å². The molecule has 1 fully saturated rings. The molecule has 0 atom stereocenters. The smallest absolute Gasteiger partial charge is 0.231 e. The summed E-state index contributed by atoms with van der Waals surface area (Å²) in [7, 11) is 0. The van der Waals surface area contributed by atoms with E-state index in [1.54, 1.807) is 0 Å². The minimum Gasteiger partial charge on any atom is -0.329 e. The van der Waals surface area contributed by atoms with Gasteiger partial charge in [-0.05, 0) is 37.0 Å². The summed E-state index contributed by atoms with van der Waals surface area (Å²) in [5, 5.41) is 2.97. The molecule has 17 heavy (non-hydrogen) atoms. The van der Waals surface area contributed by atoms with Gasteiger partial charge in [-0.2, -0.15) is 0 Å². The van der Waals surface area contributed by atoms with Gasteiger partial charge in [-0.1, -0.05) is 25.5 Å². The van der Waals surface area contributed by atoms with Crippen LogP contribution >= 0.6 is 0 Å². The highest BCUT2D eigenvalue weighted by molar-refractivity contribution is 5.96. The highest BCUT2D eigenvalue weighted by Gasteiger charge is 2.42. The molecule has 1 aromatic rings. The van der Waals surface area contributed by atoms with E-state index in [4.69, 9.17) is 5.73 Å². The van der Waals surface area contributed by atoms with Gasteiger partial charge in [0.25, 0.3) is 0 Å². The zero-order valence-corrected chi connectivity index (χ0v) is 10.3. The van der Waals surface area contributed by atoms with Crippen LogP contribution in [0.1, 0.15) is 31.7 Å². The number of hydrogen-bond acceptors (Lipinski definition) is 2. The van der Waals surface area contributed by atoms with E-state index in [1.807, 2.05) is 24.3 Å². The number of aryl methyl sites for hydroxylation is 1. The monoisotopic (exact) mass is 232 g/mol. The number of carbonyl (C=O) groups is 1. The van der Waals surface area contributed by atoms with E-state index in [2.05, 4.69) is 12.2 Å². The molecule has 0 radical (unpaired) electrons. The first kappa shape index (κ1) is 12.1. The molecule has 3 N–H and O–H groups in total. The molecular weight excluding hydrogens is 212 g/mol. The Morgan fingerprint density at radius 2 is 2.00 bits per heavy atom. The average Bonchev–Trinajstić information content (AvgIpc) is 2.29. The van der Waals surface area contributed by atoms with Crippen LogP contribution in [-0.2, 0) is 11.2 Å². The zero-order chi connectivity index (χ0) is 12.3. The highest BCUT2D eigenvalue weighted by Crippen LogP contribution is 2.40. The topological polar surface area (TPSA) is 55.1 Å². The van der Waals surface area contributed by atoms with E-state index < -0.39 is 0 Å². The SMILES string of the molecule is CCc1ccc(NC(=O)C2(CN)CCC2)cc1. The Morgan fingerprint density at radius 1 is 1.35 bits per heavy atom. The van der Waals surface area contributed by atoms with Gasteiger partial charge < -0.3 is 11.1 Å². The van der Waals surface area contributed by atoms with Gasteiger partial charge in [-0.15, -0.1) is 0 Å². The number of rotatable bonds is 4. The Hall–Kier alpha value is -1.35. The van der Waals surface area contributed by atoms with Crippen LogP contribution in [0.4, 0.5) is 5.69 Å². The predicted molar refractivity (Wildman–Crippen MR) is 69.8 cm³/mol. The normalized spacial score (nSPS) is 17.3. The summed E-state index contributed by atoms with van der Waals surface area (Å²) in [5.74, 6) is 0.0792. The Bertz CT molecular complexity index is 388. The fourth-order valence-electron chi connectivity index (χ4n) is 2.21. The molecule has 1 amide bonds. The Kier molecular flexibility index (Phi) is 3.48. The van der Waals surface area contributed by atoms with Crippen molar-refractivity contribution in [2.75, 3.05) is 11.9 Å². The minimum absolute atomic E-state index is 0.0792. The average molecular weight is 232 g/mol. The minimum atomic E-state index is -0.302. The summed E-state index contributed by atoms with van der Waals surface area (Å²) < 4.78 is 0. The van der Waals surface area contributed by atoms with E-state index in [0.717, 1.165) is 31.4 Å². The quantitative estimate of drug-likeness (QED) is 0.837. The molecule has 2 rings (SSSR count). The first-order valence-corrected chi connectivity index (χ1v) is 6.31. The lowest BCUT2D eigenvalue weighted by atomic mass is 9.68. The summed E-state index contributed by atoms with van der Waals surface area (Å²) in [5.41, 5.74) is 7.55. The van der Waals surface area contributed by atoms with Crippen LogP contribution in [0, 0.1) is 5.41 Å². The van der Waals surface area contributed by atoms with Crippen molar-refractivity contribution in [1.29, 1.82) is 0 Å². The maximum absolute atomic E-state index is 12.1. The van der Waals surface area contributed by atoms with Crippen LogP contribution in [0.15, 0.2) is 24.3 Å². The number of amides is 1. The van der Waals surface area contributed by atoms with Crippen LogP contribution in [0.25, 0.3) is 0 Å². The standard InChI is InChI=1S/C14H20N2O/c1-2-11-4-6-12(7-5-11)16-13(17)14(10-15)8-3-9-14/h4-7H,2-3,8-10,15H2,1H3,(H,16,17). The molecule has 0 spiro atoms. The third-order valence-corrected chi connectivity index (χ3v) is 3.80. The van der Waals surface area contributed by atoms with E-state index in [-0.39, 0.29) is 11.3 Å². The van der Waals surface area contributed by atoms with Gasteiger partial charge in [0, 0.05) is 12.2 Å². The maximum atomic E-state index is 12.1. The molecule has 0 heterocycles. The van der Waals surface area contributed by atoms with Gasteiger partial charge in [0.05, 0.1) is 5.41 Å². The fourth-order valence-corrected chi connectivity index (χ4v) is 2.21. The number of carbonyl (C=O) groups excluding carboxylic acids is 1. The molecule has 3 nitrogen and oxygen atoms in total. The molecule has 0 aromatic heterocycles. The molecule has 3 heteroatoms. The van der Waals surface area contributed by atoms with Gasteiger partial charge in [0.2, 0.25) is 5.91 Å². The van der Waals surface area contributed by atoms with Crippen LogP contribution in [0.5, 0.6) is 0 Å². The van der Waals surface area contributed by atoms with Gasteiger partial charge in [0.15, 0.2) is 0 Å². The van der Waals surface area contributed by atoms with E-state index in [9.17, 15) is 4.79 Å². The van der Waals surface area contributed by atoms with Crippen molar-refractivity contribution >= 4 is 11.6 Å².